The van der Waals surface area contributed by atoms with E-state index in [9.17, 15) is 0 Å². The number of rotatable bonds is 6. The smallest absolute Gasteiger partial charge is 0.0912 e. The van der Waals surface area contributed by atoms with Crippen molar-refractivity contribution in [2.75, 3.05) is 23.8 Å². The zero-order valence-corrected chi connectivity index (χ0v) is 17.8. The Hall–Kier alpha value is -2.57. The number of halogens is 1. The maximum atomic E-state index is 4.83. The van der Waals surface area contributed by atoms with Gasteiger partial charge in [-0.15, -0.1) is 11.3 Å². The molecule has 0 aliphatic heterocycles. The molecule has 28 heavy (non-hydrogen) atoms. The van der Waals surface area contributed by atoms with Crippen molar-refractivity contribution in [3.05, 3.63) is 73.1 Å². The normalized spacial score (nSPS) is 10.8. The van der Waals surface area contributed by atoms with E-state index < -0.39 is 0 Å². The van der Waals surface area contributed by atoms with Crippen molar-refractivity contribution in [2.45, 2.75) is 0 Å². The Labute approximate surface area is 177 Å². The van der Waals surface area contributed by atoms with Crippen molar-refractivity contribution < 1.29 is 0 Å². The molecule has 6 heteroatoms. The molecule has 0 fully saturated rings. The molecule has 0 aliphatic rings. The van der Waals surface area contributed by atoms with Crippen LogP contribution in [0.5, 0.6) is 0 Å². The molecule has 4 aromatic rings. The molecule has 0 atom stereocenters. The second kappa shape index (κ2) is 8.63. The van der Waals surface area contributed by atoms with Crippen molar-refractivity contribution >= 4 is 32.3 Å². The topological polar surface area (TPSA) is 41.9 Å². The van der Waals surface area contributed by atoms with E-state index in [4.69, 9.17) is 4.98 Å². The molecule has 0 spiro atoms. The standard InChI is InChI=1S/C22H19BrN4S/c1-27(13-10-23)22-9-8-21(28-22)16-14-19(17-6-2-4-11-24-17)26-20(15-16)18-7-3-5-12-25-18/h2-9,11-12,14-15H,10,13H2,1H3. The number of alkyl halides is 1. The molecule has 0 radical (unpaired) electrons. The third kappa shape index (κ3) is 4.13. The van der Waals surface area contributed by atoms with Crippen LogP contribution in [0, 0.1) is 0 Å². The summed E-state index contributed by atoms with van der Waals surface area (Å²) in [5.74, 6) is 0. The van der Waals surface area contributed by atoms with Crippen LogP contribution in [0.3, 0.4) is 0 Å². The van der Waals surface area contributed by atoms with Crippen LogP contribution in [0.2, 0.25) is 0 Å². The van der Waals surface area contributed by atoms with Crippen LogP contribution in [0.4, 0.5) is 5.00 Å². The van der Waals surface area contributed by atoms with Gasteiger partial charge in [-0.1, -0.05) is 28.1 Å². The van der Waals surface area contributed by atoms with E-state index in [2.05, 4.69) is 62.1 Å². The third-order valence-electron chi connectivity index (χ3n) is 4.35. The van der Waals surface area contributed by atoms with Crippen LogP contribution < -0.4 is 4.90 Å². The molecule has 0 N–H and O–H groups in total. The average molecular weight is 451 g/mol. The van der Waals surface area contributed by atoms with Crippen molar-refractivity contribution in [3.63, 3.8) is 0 Å². The van der Waals surface area contributed by atoms with E-state index >= 15 is 0 Å². The lowest BCUT2D eigenvalue weighted by Crippen LogP contribution is -2.17. The first-order chi connectivity index (χ1) is 13.7. The minimum absolute atomic E-state index is 0.850. The zero-order valence-electron chi connectivity index (χ0n) is 15.4. The van der Waals surface area contributed by atoms with Crippen molar-refractivity contribution in [2.24, 2.45) is 0 Å². The molecule has 0 bridgehead atoms. The Bertz CT molecular complexity index is 993. The Morgan fingerprint density at radius 1 is 0.857 bits per heavy atom. The minimum Gasteiger partial charge on any atom is -0.366 e. The number of hydrogen-bond acceptors (Lipinski definition) is 5. The van der Waals surface area contributed by atoms with Gasteiger partial charge in [0.05, 0.1) is 27.8 Å². The SMILES string of the molecule is CN(CCBr)c1ccc(-c2cc(-c3ccccn3)nc(-c3ccccn3)c2)s1. The highest BCUT2D eigenvalue weighted by atomic mass is 79.9. The number of pyridine rings is 3. The molecule has 0 unspecified atom stereocenters. The first-order valence-electron chi connectivity index (χ1n) is 8.97. The number of anilines is 1. The summed E-state index contributed by atoms with van der Waals surface area (Å²) in [6.07, 6.45) is 3.59. The van der Waals surface area contributed by atoms with Crippen LogP contribution in [0.25, 0.3) is 33.2 Å². The van der Waals surface area contributed by atoms with Gasteiger partial charge in [0, 0.05) is 36.2 Å². The average Bonchev–Trinajstić information content (AvgIpc) is 3.25. The van der Waals surface area contributed by atoms with E-state index in [1.54, 1.807) is 23.7 Å². The number of thiophene rings is 1. The summed E-state index contributed by atoms with van der Waals surface area (Å²) >= 11 is 5.29. The maximum absolute atomic E-state index is 4.83. The Morgan fingerprint density at radius 2 is 1.50 bits per heavy atom. The molecule has 4 rings (SSSR count). The van der Waals surface area contributed by atoms with Gasteiger partial charge in [0.25, 0.3) is 0 Å². The predicted molar refractivity (Wildman–Crippen MR) is 121 cm³/mol. The van der Waals surface area contributed by atoms with Crippen LogP contribution in [-0.4, -0.2) is 33.9 Å². The van der Waals surface area contributed by atoms with E-state index in [0.717, 1.165) is 40.2 Å². The van der Waals surface area contributed by atoms with E-state index in [0.29, 0.717) is 0 Å². The fraction of sp³-hybridized carbons (Fsp3) is 0.136. The summed E-state index contributed by atoms with van der Waals surface area (Å²) in [4.78, 5) is 17.3. The predicted octanol–water partition coefficient (Wildman–Crippen LogP) is 5.77. The second-order valence-corrected chi connectivity index (χ2v) is 8.16. The van der Waals surface area contributed by atoms with Gasteiger partial charge in [-0.05, 0) is 54.1 Å². The van der Waals surface area contributed by atoms with Gasteiger partial charge >= 0.3 is 0 Å². The van der Waals surface area contributed by atoms with E-state index in [-0.39, 0.29) is 0 Å². The summed E-state index contributed by atoms with van der Waals surface area (Å²) in [5.41, 5.74) is 4.54. The lowest BCUT2D eigenvalue weighted by atomic mass is 10.1. The Balaban J connectivity index is 1.81. The Kier molecular flexibility index (Phi) is 5.78. The van der Waals surface area contributed by atoms with Crippen molar-refractivity contribution in [1.29, 1.82) is 0 Å². The van der Waals surface area contributed by atoms with Crippen LogP contribution in [0.1, 0.15) is 0 Å². The first-order valence-corrected chi connectivity index (χ1v) is 10.9. The molecule has 4 aromatic heterocycles. The summed E-state index contributed by atoms with van der Waals surface area (Å²) in [6, 6.07) is 20.3. The molecule has 4 heterocycles. The van der Waals surface area contributed by atoms with Gasteiger partial charge in [-0.25, -0.2) is 4.98 Å². The molecule has 0 saturated carbocycles. The highest BCUT2D eigenvalue weighted by Gasteiger charge is 2.12. The molecule has 0 aromatic carbocycles. The van der Waals surface area contributed by atoms with Gasteiger partial charge in [-0.2, -0.15) is 0 Å². The largest absolute Gasteiger partial charge is 0.366 e. The lowest BCUT2D eigenvalue weighted by molar-refractivity contribution is 0.997. The molecule has 140 valence electrons. The minimum atomic E-state index is 0.850. The van der Waals surface area contributed by atoms with Crippen molar-refractivity contribution in [3.8, 4) is 33.2 Å². The van der Waals surface area contributed by atoms with Crippen molar-refractivity contribution in [1.82, 2.24) is 15.0 Å². The molecule has 0 aliphatic carbocycles. The molecule has 4 nitrogen and oxygen atoms in total. The highest BCUT2D eigenvalue weighted by Crippen LogP contribution is 2.36. The lowest BCUT2D eigenvalue weighted by Gasteiger charge is -2.14. The monoisotopic (exact) mass is 450 g/mol. The summed E-state index contributed by atoms with van der Waals surface area (Å²) in [7, 11) is 2.11. The van der Waals surface area contributed by atoms with E-state index in [1.807, 2.05) is 36.4 Å². The Morgan fingerprint density at radius 3 is 2.04 bits per heavy atom. The second-order valence-electron chi connectivity index (χ2n) is 6.30. The molecule has 0 saturated heterocycles. The van der Waals surface area contributed by atoms with Gasteiger partial charge in [0.15, 0.2) is 0 Å². The maximum Gasteiger partial charge on any atom is 0.0912 e. The van der Waals surface area contributed by atoms with Gasteiger partial charge in [0.1, 0.15) is 0 Å². The highest BCUT2D eigenvalue weighted by molar-refractivity contribution is 9.09. The fourth-order valence-electron chi connectivity index (χ4n) is 2.89. The third-order valence-corrected chi connectivity index (χ3v) is 5.96. The fourth-order valence-corrected chi connectivity index (χ4v) is 4.40. The quantitative estimate of drug-likeness (QED) is 0.350. The number of nitrogens with zero attached hydrogens (tertiary/aromatic N) is 4. The molecular weight excluding hydrogens is 432 g/mol. The summed E-state index contributed by atoms with van der Waals surface area (Å²) < 4.78 is 0. The van der Waals surface area contributed by atoms with Crippen LogP contribution >= 0.6 is 27.3 Å². The number of hydrogen-bond donors (Lipinski definition) is 0. The molecule has 0 amide bonds. The van der Waals surface area contributed by atoms with Gasteiger partial charge in [-0.3, -0.25) is 9.97 Å². The first kappa shape index (κ1) is 18.8. The summed E-state index contributed by atoms with van der Waals surface area (Å²) in [5, 5.41) is 2.18. The number of aromatic nitrogens is 3. The van der Waals surface area contributed by atoms with E-state index in [1.165, 1.54) is 9.88 Å². The molecular formula is C22H19BrN4S. The van der Waals surface area contributed by atoms with Gasteiger partial charge < -0.3 is 4.90 Å². The van der Waals surface area contributed by atoms with Crippen LogP contribution in [-0.2, 0) is 0 Å². The van der Waals surface area contributed by atoms with Crippen LogP contribution in [0.15, 0.2) is 73.1 Å². The summed E-state index contributed by atoms with van der Waals surface area (Å²) in [6.45, 7) is 0.967. The van der Waals surface area contributed by atoms with Gasteiger partial charge in [0.2, 0.25) is 0 Å². The zero-order chi connectivity index (χ0) is 19.3.